The number of methoxy groups -OCH3 is 1. The lowest BCUT2D eigenvalue weighted by molar-refractivity contribution is 0.159. The molecule has 34 heavy (non-hydrogen) atoms. The number of urea groups is 1. The van der Waals surface area contributed by atoms with E-state index in [1.165, 1.54) is 6.07 Å². The van der Waals surface area contributed by atoms with Crippen molar-refractivity contribution in [2.45, 2.75) is 18.9 Å². The summed E-state index contributed by atoms with van der Waals surface area (Å²) in [6, 6.07) is 10.6. The quantitative estimate of drug-likeness (QED) is 0.550. The summed E-state index contributed by atoms with van der Waals surface area (Å²) < 4.78 is 32.5. The summed E-state index contributed by atoms with van der Waals surface area (Å²) >= 11 is 0. The van der Waals surface area contributed by atoms with Gasteiger partial charge in [0.15, 0.2) is 11.6 Å². The van der Waals surface area contributed by atoms with Gasteiger partial charge in [-0.1, -0.05) is 6.07 Å². The molecule has 1 aliphatic rings. The topological polar surface area (TPSA) is 79.4 Å². The van der Waals surface area contributed by atoms with E-state index in [9.17, 15) is 13.6 Å². The third kappa shape index (κ3) is 5.55. The van der Waals surface area contributed by atoms with Crippen LogP contribution in [0.3, 0.4) is 0 Å². The van der Waals surface area contributed by atoms with Crippen LogP contribution < -0.4 is 10.6 Å². The number of ether oxygens (including phenoxy) is 1. The predicted octanol–water partition coefficient (Wildman–Crippen LogP) is 3.97. The van der Waals surface area contributed by atoms with Crippen LogP contribution >= 0.6 is 0 Å². The Kier molecular flexibility index (Phi) is 7.44. The van der Waals surface area contributed by atoms with Gasteiger partial charge in [-0.25, -0.2) is 13.6 Å². The lowest BCUT2D eigenvalue weighted by Crippen LogP contribution is -2.42. The van der Waals surface area contributed by atoms with E-state index >= 15 is 0 Å². The SMILES string of the molecule is COCCN1CC(NC(=O)Nc2ccc(-c3cccnc3)nc2C)C(c2ccc(F)c(F)c2)C1. The van der Waals surface area contributed by atoms with E-state index in [1.54, 1.807) is 31.6 Å². The first kappa shape index (κ1) is 23.7. The molecule has 0 spiro atoms. The van der Waals surface area contributed by atoms with E-state index in [0.717, 1.165) is 17.3 Å². The molecule has 4 rings (SSSR count). The minimum Gasteiger partial charge on any atom is -0.383 e. The highest BCUT2D eigenvalue weighted by Gasteiger charge is 2.35. The van der Waals surface area contributed by atoms with Crippen molar-refractivity contribution in [3.63, 3.8) is 0 Å². The molecule has 1 saturated heterocycles. The number of nitrogens with zero attached hydrogens (tertiary/aromatic N) is 3. The molecule has 2 amide bonds. The number of nitrogens with one attached hydrogen (secondary N) is 2. The van der Waals surface area contributed by atoms with Gasteiger partial charge in [0.2, 0.25) is 0 Å². The molecule has 178 valence electrons. The van der Waals surface area contributed by atoms with Gasteiger partial charge in [0.1, 0.15) is 0 Å². The Morgan fingerprint density at radius 1 is 1.18 bits per heavy atom. The van der Waals surface area contributed by atoms with Crippen LogP contribution in [0.1, 0.15) is 17.2 Å². The Morgan fingerprint density at radius 2 is 2.03 bits per heavy atom. The molecular formula is C25H27F2N5O2. The number of anilines is 1. The summed E-state index contributed by atoms with van der Waals surface area (Å²) in [5, 5.41) is 5.86. The first-order valence-corrected chi connectivity index (χ1v) is 11.1. The summed E-state index contributed by atoms with van der Waals surface area (Å²) in [5.41, 5.74) is 3.55. The van der Waals surface area contributed by atoms with E-state index in [1.807, 2.05) is 25.1 Å². The van der Waals surface area contributed by atoms with Gasteiger partial charge in [0.25, 0.3) is 0 Å². The number of aryl methyl sites for hydroxylation is 1. The van der Waals surface area contributed by atoms with Crippen LogP contribution in [-0.2, 0) is 4.74 Å². The van der Waals surface area contributed by atoms with E-state index in [2.05, 4.69) is 25.5 Å². The van der Waals surface area contributed by atoms with Crippen LogP contribution in [0, 0.1) is 18.6 Å². The highest BCUT2D eigenvalue weighted by Crippen LogP contribution is 2.29. The number of benzene rings is 1. The minimum absolute atomic E-state index is 0.190. The summed E-state index contributed by atoms with van der Waals surface area (Å²) in [7, 11) is 1.63. The minimum atomic E-state index is -0.897. The monoisotopic (exact) mass is 467 g/mol. The molecule has 2 N–H and O–H groups in total. The Morgan fingerprint density at radius 3 is 2.74 bits per heavy atom. The second kappa shape index (κ2) is 10.7. The lowest BCUT2D eigenvalue weighted by Gasteiger charge is -2.21. The normalized spacial score (nSPS) is 18.1. The standard InChI is InChI=1S/C25H27F2N5O2/c1-16-22(7-8-23(29-16)18-4-3-9-28-13-18)30-25(33)31-24-15-32(10-11-34-2)14-19(24)17-5-6-20(26)21(27)12-17/h3-9,12-13,19,24H,10-11,14-15H2,1-2H3,(H2,30,31,33). The molecule has 0 saturated carbocycles. The zero-order chi connectivity index (χ0) is 24.1. The highest BCUT2D eigenvalue weighted by atomic mass is 19.2. The number of halogens is 2. The van der Waals surface area contributed by atoms with Crippen molar-refractivity contribution in [2.75, 3.05) is 38.7 Å². The van der Waals surface area contributed by atoms with Crippen LogP contribution in [0.2, 0.25) is 0 Å². The average molecular weight is 468 g/mol. The van der Waals surface area contributed by atoms with Crippen LogP contribution in [0.15, 0.2) is 54.9 Å². The fourth-order valence-corrected chi connectivity index (χ4v) is 4.21. The zero-order valence-electron chi connectivity index (χ0n) is 19.1. The smallest absolute Gasteiger partial charge is 0.319 e. The van der Waals surface area contributed by atoms with Crippen molar-refractivity contribution in [3.8, 4) is 11.3 Å². The average Bonchev–Trinajstić information content (AvgIpc) is 3.23. The Bertz CT molecular complexity index is 1150. The van der Waals surface area contributed by atoms with Crippen LogP contribution in [0.5, 0.6) is 0 Å². The number of hydrogen-bond donors (Lipinski definition) is 2. The maximum absolute atomic E-state index is 13.9. The molecule has 0 aliphatic carbocycles. The molecule has 0 bridgehead atoms. The maximum Gasteiger partial charge on any atom is 0.319 e. The summed E-state index contributed by atoms with van der Waals surface area (Å²) in [6.07, 6.45) is 3.43. The van der Waals surface area contributed by atoms with Crippen LogP contribution in [0.25, 0.3) is 11.3 Å². The van der Waals surface area contributed by atoms with Crippen molar-refractivity contribution < 1.29 is 18.3 Å². The molecule has 7 nitrogen and oxygen atoms in total. The van der Waals surface area contributed by atoms with Gasteiger partial charge in [-0.2, -0.15) is 0 Å². The van der Waals surface area contributed by atoms with Gasteiger partial charge in [-0.15, -0.1) is 0 Å². The predicted molar refractivity (Wildman–Crippen MR) is 126 cm³/mol. The van der Waals surface area contributed by atoms with Gasteiger partial charge < -0.3 is 15.4 Å². The van der Waals surface area contributed by atoms with E-state index in [-0.39, 0.29) is 18.0 Å². The van der Waals surface area contributed by atoms with Crippen molar-refractivity contribution in [1.82, 2.24) is 20.2 Å². The zero-order valence-corrected chi connectivity index (χ0v) is 19.1. The Labute approximate surface area is 197 Å². The van der Waals surface area contributed by atoms with Crippen molar-refractivity contribution in [3.05, 3.63) is 77.8 Å². The summed E-state index contributed by atoms with van der Waals surface area (Å²) in [5.74, 6) is -1.98. The fraction of sp³-hybridized carbons (Fsp3) is 0.320. The molecule has 1 aromatic carbocycles. The number of hydrogen-bond acceptors (Lipinski definition) is 5. The van der Waals surface area contributed by atoms with Gasteiger partial charge in [0.05, 0.1) is 29.7 Å². The maximum atomic E-state index is 13.9. The first-order valence-electron chi connectivity index (χ1n) is 11.1. The van der Waals surface area contributed by atoms with Crippen molar-refractivity contribution >= 4 is 11.7 Å². The lowest BCUT2D eigenvalue weighted by atomic mass is 9.94. The number of rotatable bonds is 7. The fourth-order valence-electron chi connectivity index (χ4n) is 4.21. The largest absolute Gasteiger partial charge is 0.383 e. The number of aromatic nitrogens is 2. The molecule has 1 fully saturated rings. The van der Waals surface area contributed by atoms with Gasteiger partial charge in [0, 0.05) is 50.6 Å². The number of amides is 2. The van der Waals surface area contributed by atoms with Crippen LogP contribution in [0.4, 0.5) is 19.3 Å². The van der Waals surface area contributed by atoms with Crippen molar-refractivity contribution in [2.24, 2.45) is 0 Å². The second-order valence-electron chi connectivity index (χ2n) is 8.31. The molecule has 3 heterocycles. The summed E-state index contributed by atoms with van der Waals surface area (Å²) in [6.45, 7) is 4.20. The highest BCUT2D eigenvalue weighted by molar-refractivity contribution is 5.90. The molecule has 2 atom stereocenters. The summed E-state index contributed by atoms with van der Waals surface area (Å²) in [4.78, 5) is 23.7. The number of likely N-dealkylation sites (tertiary alicyclic amines) is 1. The van der Waals surface area contributed by atoms with E-state index < -0.39 is 11.6 Å². The number of carbonyl (C=O) groups is 1. The molecular weight excluding hydrogens is 440 g/mol. The van der Waals surface area contributed by atoms with E-state index in [4.69, 9.17) is 4.74 Å². The van der Waals surface area contributed by atoms with Gasteiger partial charge in [-0.05, 0) is 48.9 Å². The van der Waals surface area contributed by atoms with Crippen molar-refractivity contribution in [1.29, 1.82) is 0 Å². The van der Waals surface area contributed by atoms with E-state index in [0.29, 0.717) is 43.2 Å². The molecule has 0 radical (unpaired) electrons. The molecule has 9 heteroatoms. The van der Waals surface area contributed by atoms with Gasteiger partial charge >= 0.3 is 6.03 Å². The molecule has 1 aliphatic heterocycles. The molecule has 2 unspecified atom stereocenters. The molecule has 3 aromatic rings. The third-order valence-electron chi connectivity index (χ3n) is 5.99. The Balaban J connectivity index is 1.47. The number of pyridine rings is 2. The number of carbonyl (C=O) groups excluding carboxylic acids is 1. The molecule has 2 aromatic heterocycles. The first-order chi connectivity index (χ1) is 16.4. The third-order valence-corrected chi connectivity index (χ3v) is 5.99. The van der Waals surface area contributed by atoms with Gasteiger partial charge in [-0.3, -0.25) is 14.9 Å². The van der Waals surface area contributed by atoms with Crippen LogP contribution in [-0.4, -0.2) is 60.3 Å². The Hall–Kier alpha value is -3.43. The second-order valence-corrected chi connectivity index (χ2v) is 8.31.